The number of carbonyl (C=O) groups is 3. The van der Waals surface area contributed by atoms with Gasteiger partial charge in [-0.1, -0.05) is 30.3 Å². The van der Waals surface area contributed by atoms with Crippen molar-refractivity contribution in [2.24, 2.45) is 11.8 Å². The van der Waals surface area contributed by atoms with Crippen molar-refractivity contribution >= 4 is 18.2 Å². The number of hydrogen-bond donors (Lipinski definition) is 0. The fourth-order valence-corrected chi connectivity index (χ4v) is 3.53. The summed E-state index contributed by atoms with van der Waals surface area (Å²) in [6.45, 7) is 6.88. The van der Waals surface area contributed by atoms with E-state index in [4.69, 9.17) is 0 Å². The quantitative estimate of drug-likeness (QED) is 0.722. The molecule has 2 atom stereocenters. The van der Waals surface area contributed by atoms with Gasteiger partial charge in [0.05, 0.1) is 11.8 Å². The fourth-order valence-electron chi connectivity index (χ4n) is 3.53. The lowest BCUT2D eigenvalue weighted by Gasteiger charge is -2.33. The van der Waals surface area contributed by atoms with Crippen LogP contribution in [0.2, 0.25) is 0 Å². The van der Waals surface area contributed by atoms with Crippen molar-refractivity contribution in [1.29, 1.82) is 0 Å². The number of benzene rings is 1. The van der Waals surface area contributed by atoms with Crippen LogP contribution in [0.15, 0.2) is 30.3 Å². The van der Waals surface area contributed by atoms with Gasteiger partial charge in [-0.3, -0.25) is 14.4 Å². The maximum atomic E-state index is 12.9. The summed E-state index contributed by atoms with van der Waals surface area (Å²) in [7, 11) is 0. The summed E-state index contributed by atoms with van der Waals surface area (Å²) in [6.07, 6.45) is 1.47. The van der Waals surface area contributed by atoms with Crippen LogP contribution in [-0.2, 0) is 20.9 Å². The maximum Gasteiger partial charge on any atom is 0.227 e. The third-order valence-electron chi connectivity index (χ3n) is 5.30. The predicted molar refractivity (Wildman–Crippen MR) is 97.9 cm³/mol. The third-order valence-corrected chi connectivity index (χ3v) is 5.30. The van der Waals surface area contributed by atoms with E-state index in [1.807, 2.05) is 49.1 Å². The Morgan fingerprint density at radius 1 is 1.12 bits per heavy atom. The van der Waals surface area contributed by atoms with Gasteiger partial charge < -0.3 is 14.7 Å². The molecule has 1 aromatic carbocycles. The first-order valence-corrected chi connectivity index (χ1v) is 9.33. The maximum absolute atomic E-state index is 12.9. The Bertz CT molecular complexity index is 654. The minimum absolute atomic E-state index is 0.0670. The van der Waals surface area contributed by atoms with E-state index in [2.05, 4.69) is 0 Å². The molecule has 3 amide bonds. The highest BCUT2D eigenvalue weighted by Gasteiger charge is 2.51. The van der Waals surface area contributed by atoms with E-state index in [1.54, 1.807) is 9.80 Å². The number of carbonyl (C=O) groups excluding carboxylic acids is 3. The first kappa shape index (κ1) is 18.4. The third kappa shape index (κ3) is 4.06. The van der Waals surface area contributed by atoms with E-state index in [0.29, 0.717) is 39.1 Å². The molecule has 2 aliphatic rings. The molecule has 2 fully saturated rings. The molecule has 0 N–H and O–H groups in total. The van der Waals surface area contributed by atoms with E-state index in [0.717, 1.165) is 12.0 Å². The van der Waals surface area contributed by atoms with Gasteiger partial charge >= 0.3 is 0 Å². The van der Waals surface area contributed by atoms with Crippen molar-refractivity contribution in [3.8, 4) is 0 Å². The molecule has 140 valence electrons. The summed E-state index contributed by atoms with van der Waals surface area (Å²) in [4.78, 5) is 41.8. The van der Waals surface area contributed by atoms with Crippen LogP contribution in [0.25, 0.3) is 0 Å². The van der Waals surface area contributed by atoms with Gasteiger partial charge in [-0.15, -0.1) is 0 Å². The Morgan fingerprint density at radius 2 is 1.77 bits per heavy atom. The number of hydrogen-bond acceptors (Lipinski definition) is 3. The average molecular weight is 357 g/mol. The monoisotopic (exact) mass is 357 g/mol. The van der Waals surface area contributed by atoms with Crippen molar-refractivity contribution in [1.82, 2.24) is 14.7 Å². The first-order chi connectivity index (χ1) is 12.5. The second-order valence-electron chi connectivity index (χ2n) is 7.46. The molecule has 1 heterocycles. The van der Waals surface area contributed by atoms with Crippen molar-refractivity contribution in [3.05, 3.63) is 35.9 Å². The van der Waals surface area contributed by atoms with Crippen LogP contribution >= 0.6 is 0 Å². The second-order valence-corrected chi connectivity index (χ2v) is 7.46. The lowest BCUT2D eigenvalue weighted by molar-refractivity contribution is -0.140. The Labute approximate surface area is 154 Å². The van der Waals surface area contributed by atoms with Crippen molar-refractivity contribution < 1.29 is 14.4 Å². The lowest BCUT2D eigenvalue weighted by atomic mass is 10.1. The second kappa shape index (κ2) is 7.89. The van der Waals surface area contributed by atoms with E-state index >= 15 is 0 Å². The highest BCUT2D eigenvalue weighted by molar-refractivity contribution is 5.92. The molecule has 0 spiro atoms. The average Bonchev–Trinajstić information content (AvgIpc) is 3.46. The van der Waals surface area contributed by atoms with Crippen LogP contribution in [0.4, 0.5) is 0 Å². The smallest absolute Gasteiger partial charge is 0.227 e. The van der Waals surface area contributed by atoms with Crippen molar-refractivity contribution in [3.63, 3.8) is 0 Å². The van der Waals surface area contributed by atoms with Gasteiger partial charge in [-0.2, -0.15) is 0 Å². The lowest BCUT2D eigenvalue weighted by Crippen LogP contribution is -2.49. The molecule has 1 saturated heterocycles. The normalized spacial score (nSPS) is 22.3. The zero-order valence-electron chi connectivity index (χ0n) is 15.5. The van der Waals surface area contributed by atoms with Gasteiger partial charge in [0.2, 0.25) is 18.2 Å². The van der Waals surface area contributed by atoms with Gasteiger partial charge in [0, 0.05) is 38.8 Å². The highest BCUT2D eigenvalue weighted by Crippen LogP contribution is 2.42. The van der Waals surface area contributed by atoms with E-state index < -0.39 is 0 Å². The van der Waals surface area contributed by atoms with Crippen molar-refractivity contribution in [2.45, 2.75) is 32.9 Å². The SMILES string of the molecule is CC(C)N(Cc1ccccc1)C(=O)C1CC1C(=O)N1CCN(C=O)CC1. The number of amides is 3. The molecular weight excluding hydrogens is 330 g/mol. The highest BCUT2D eigenvalue weighted by atomic mass is 16.2. The number of piperazine rings is 1. The van der Waals surface area contributed by atoms with E-state index in [1.165, 1.54) is 0 Å². The van der Waals surface area contributed by atoms with Gasteiger partial charge in [0.1, 0.15) is 0 Å². The summed E-state index contributed by atoms with van der Waals surface area (Å²) in [5, 5.41) is 0. The van der Waals surface area contributed by atoms with E-state index in [9.17, 15) is 14.4 Å². The molecule has 1 aliphatic carbocycles. The molecule has 0 aromatic heterocycles. The summed E-state index contributed by atoms with van der Waals surface area (Å²) in [5.74, 6) is -0.244. The molecular formula is C20H27N3O3. The molecule has 26 heavy (non-hydrogen) atoms. The molecule has 6 heteroatoms. The fraction of sp³-hybridized carbons (Fsp3) is 0.550. The molecule has 0 radical (unpaired) electrons. The van der Waals surface area contributed by atoms with Crippen LogP contribution in [0.1, 0.15) is 25.8 Å². The first-order valence-electron chi connectivity index (χ1n) is 9.33. The standard InChI is InChI=1S/C20H27N3O3/c1-15(2)23(13-16-6-4-3-5-7-16)20(26)18-12-17(18)19(25)22-10-8-21(14-24)9-11-22/h3-7,14-15,17-18H,8-13H2,1-2H3. The molecule has 2 unspecified atom stereocenters. The molecule has 3 rings (SSSR count). The van der Waals surface area contributed by atoms with E-state index in [-0.39, 0.29) is 29.7 Å². The summed E-state index contributed by atoms with van der Waals surface area (Å²) < 4.78 is 0. The van der Waals surface area contributed by atoms with Crippen molar-refractivity contribution in [2.75, 3.05) is 26.2 Å². The molecule has 1 aliphatic heterocycles. The minimum atomic E-state index is -0.197. The Hall–Kier alpha value is -2.37. The van der Waals surface area contributed by atoms with Gasteiger partial charge in [-0.25, -0.2) is 0 Å². The van der Waals surface area contributed by atoms with Gasteiger partial charge in [-0.05, 0) is 25.8 Å². The number of rotatable bonds is 6. The van der Waals surface area contributed by atoms with Crippen LogP contribution in [0, 0.1) is 11.8 Å². The topological polar surface area (TPSA) is 60.9 Å². The van der Waals surface area contributed by atoms with Crippen LogP contribution < -0.4 is 0 Å². The Kier molecular flexibility index (Phi) is 5.59. The summed E-state index contributed by atoms with van der Waals surface area (Å²) in [5.41, 5.74) is 1.10. The van der Waals surface area contributed by atoms with Crippen LogP contribution in [0.5, 0.6) is 0 Å². The number of nitrogens with zero attached hydrogens (tertiary/aromatic N) is 3. The molecule has 6 nitrogen and oxygen atoms in total. The zero-order chi connectivity index (χ0) is 18.7. The van der Waals surface area contributed by atoms with Gasteiger partial charge in [0.15, 0.2) is 0 Å². The minimum Gasteiger partial charge on any atom is -0.342 e. The zero-order valence-corrected chi connectivity index (χ0v) is 15.5. The largest absolute Gasteiger partial charge is 0.342 e. The molecule has 1 saturated carbocycles. The van der Waals surface area contributed by atoms with Gasteiger partial charge in [0.25, 0.3) is 0 Å². The summed E-state index contributed by atoms with van der Waals surface area (Å²) in [6, 6.07) is 10.0. The van der Waals surface area contributed by atoms with Crippen LogP contribution in [-0.4, -0.2) is 65.1 Å². The Morgan fingerprint density at radius 3 is 2.35 bits per heavy atom. The van der Waals surface area contributed by atoms with Crippen LogP contribution in [0.3, 0.4) is 0 Å². The Balaban J connectivity index is 1.58. The molecule has 0 bridgehead atoms. The molecule has 1 aromatic rings. The predicted octanol–water partition coefficient (Wildman–Crippen LogP) is 1.36. The summed E-state index contributed by atoms with van der Waals surface area (Å²) >= 11 is 0.